The van der Waals surface area contributed by atoms with E-state index in [1.165, 1.54) is 37.7 Å². The van der Waals surface area contributed by atoms with E-state index in [0.717, 1.165) is 23.9 Å². The van der Waals surface area contributed by atoms with Crippen molar-refractivity contribution in [2.45, 2.75) is 37.9 Å². The molecule has 2 fully saturated rings. The molecule has 2 saturated heterocycles. The number of para-hydroxylation sites is 1. The summed E-state index contributed by atoms with van der Waals surface area (Å²) in [4.78, 5) is 2.64. The highest BCUT2D eigenvalue weighted by Crippen LogP contribution is 2.28. The fourth-order valence-corrected chi connectivity index (χ4v) is 3.68. The highest BCUT2D eigenvalue weighted by atomic mass is 16.3. The molecule has 2 aromatic rings. The molecule has 4 rings (SSSR count). The number of furan rings is 1. The smallest absolute Gasteiger partial charge is 0.134 e. The maximum Gasteiger partial charge on any atom is 0.134 e. The van der Waals surface area contributed by atoms with Gasteiger partial charge in [0.1, 0.15) is 11.3 Å². The van der Waals surface area contributed by atoms with Crippen LogP contribution in [0.5, 0.6) is 0 Å². The second-order valence-corrected chi connectivity index (χ2v) is 5.77. The Balaban J connectivity index is 1.44. The van der Waals surface area contributed by atoms with Gasteiger partial charge in [0, 0.05) is 24.0 Å². The van der Waals surface area contributed by atoms with E-state index >= 15 is 0 Å². The van der Waals surface area contributed by atoms with E-state index in [1.807, 2.05) is 12.1 Å². The van der Waals surface area contributed by atoms with Gasteiger partial charge in [-0.25, -0.2) is 0 Å². The molecule has 2 aliphatic rings. The van der Waals surface area contributed by atoms with Crippen molar-refractivity contribution in [2.24, 2.45) is 0 Å². The molecular weight excluding hydrogens is 236 g/mol. The maximum atomic E-state index is 5.86. The Hall–Kier alpha value is -1.32. The molecule has 0 amide bonds. The second-order valence-electron chi connectivity index (χ2n) is 5.77. The zero-order valence-electron chi connectivity index (χ0n) is 11.1. The van der Waals surface area contributed by atoms with Gasteiger partial charge in [0.25, 0.3) is 0 Å². The quantitative estimate of drug-likeness (QED) is 0.915. The van der Waals surface area contributed by atoms with Crippen molar-refractivity contribution >= 4 is 11.0 Å². The maximum absolute atomic E-state index is 5.86. The molecule has 3 nitrogen and oxygen atoms in total. The van der Waals surface area contributed by atoms with Gasteiger partial charge in [-0.15, -0.1) is 0 Å². The van der Waals surface area contributed by atoms with Gasteiger partial charge in [0.05, 0.1) is 6.54 Å². The Morgan fingerprint density at radius 1 is 1.21 bits per heavy atom. The summed E-state index contributed by atoms with van der Waals surface area (Å²) in [5.41, 5.74) is 0.994. The van der Waals surface area contributed by atoms with Crippen LogP contribution in [-0.2, 0) is 6.54 Å². The summed E-state index contributed by atoms with van der Waals surface area (Å²) in [5, 5.41) is 4.90. The van der Waals surface area contributed by atoms with E-state index in [2.05, 4.69) is 28.4 Å². The SMILES string of the molecule is c1ccc2oc(CNC3CCN4CCCC34)cc2c1. The summed E-state index contributed by atoms with van der Waals surface area (Å²) in [6.45, 7) is 3.42. The van der Waals surface area contributed by atoms with Gasteiger partial charge < -0.3 is 9.73 Å². The summed E-state index contributed by atoms with van der Waals surface area (Å²) in [7, 11) is 0. The lowest BCUT2D eigenvalue weighted by Crippen LogP contribution is -2.38. The summed E-state index contributed by atoms with van der Waals surface area (Å²) in [6, 6.07) is 11.8. The Labute approximate surface area is 113 Å². The van der Waals surface area contributed by atoms with E-state index in [0.29, 0.717) is 6.04 Å². The minimum absolute atomic E-state index is 0.649. The van der Waals surface area contributed by atoms with Gasteiger partial charge in [-0.3, -0.25) is 4.90 Å². The monoisotopic (exact) mass is 256 g/mol. The zero-order chi connectivity index (χ0) is 12.7. The summed E-state index contributed by atoms with van der Waals surface area (Å²) < 4.78 is 5.86. The summed E-state index contributed by atoms with van der Waals surface area (Å²) >= 11 is 0. The second kappa shape index (κ2) is 4.66. The fraction of sp³-hybridized carbons (Fsp3) is 0.500. The molecule has 1 N–H and O–H groups in total. The number of hydrogen-bond acceptors (Lipinski definition) is 3. The molecular formula is C16H20N2O. The number of rotatable bonds is 3. The van der Waals surface area contributed by atoms with E-state index < -0.39 is 0 Å². The lowest BCUT2D eigenvalue weighted by Gasteiger charge is -2.20. The predicted octanol–water partition coefficient (Wildman–Crippen LogP) is 2.76. The minimum Gasteiger partial charge on any atom is -0.460 e. The molecule has 0 radical (unpaired) electrons. The van der Waals surface area contributed by atoms with Crippen LogP contribution in [0.4, 0.5) is 0 Å². The van der Waals surface area contributed by atoms with Crippen LogP contribution in [-0.4, -0.2) is 30.1 Å². The van der Waals surface area contributed by atoms with Crippen molar-refractivity contribution < 1.29 is 4.42 Å². The van der Waals surface area contributed by atoms with E-state index in [9.17, 15) is 0 Å². The molecule has 2 unspecified atom stereocenters. The summed E-state index contributed by atoms with van der Waals surface area (Å²) in [5.74, 6) is 1.05. The zero-order valence-corrected chi connectivity index (χ0v) is 11.1. The Morgan fingerprint density at radius 2 is 2.16 bits per heavy atom. The highest BCUT2D eigenvalue weighted by molar-refractivity contribution is 5.77. The molecule has 1 aromatic heterocycles. The van der Waals surface area contributed by atoms with Gasteiger partial charge in [0.15, 0.2) is 0 Å². The van der Waals surface area contributed by atoms with Crippen molar-refractivity contribution in [1.29, 1.82) is 0 Å². The first kappa shape index (κ1) is 11.5. The normalized spacial score (nSPS) is 27.2. The van der Waals surface area contributed by atoms with Crippen molar-refractivity contribution in [3.63, 3.8) is 0 Å². The first-order chi connectivity index (χ1) is 9.40. The molecule has 3 heteroatoms. The largest absolute Gasteiger partial charge is 0.460 e. The molecule has 2 aliphatic heterocycles. The fourth-order valence-electron chi connectivity index (χ4n) is 3.68. The van der Waals surface area contributed by atoms with E-state index in [1.54, 1.807) is 0 Å². The number of fused-ring (bicyclic) bond motifs is 2. The van der Waals surface area contributed by atoms with Gasteiger partial charge >= 0.3 is 0 Å². The molecule has 19 heavy (non-hydrogen) atoms. The molecule has 1 aromatic carbocycles. The van der Waals surface area contributed by atoms with Crippen LogP contribution in [0.3, 0.4) is 0 Å². The van der Waals surface area contributed by atoms with Gasteiger partial charge in [-0.1, -0.05) is 18.2 Å². The molecule has 100 valence electrons. The lowest BCUT2D eigenvalue weighted by atomic mass is 10.1. The average molecular weight is 256 g/mol. The standard InChI is InChI=1S/C16H20N2O/c1-2-6-16-12(4-1)10-13(19-16)11-17-14-7-9-18-8-3-5-15(14)18/h1-2,4,6,10,14-15,17H,3,5,7-9,11H2. The molecule has 0 bridgehead atoms. The first-order valence-corrected chi connectivity index (χ1v) is 7.35. The molecule has 2 atom stereocenters. The number of nitrogens with one attached hydrogen (secondary N) is 1. The number of benzene rings is 1. The van der Waals surface area contributed by atoms with Gasteiger partial charge in [-0.2, -0.15) is 0 Å². The van der Waals surface area contributed by atoms with Crippen molar-refractivity contribution in [3.8, 4) is 0 Å². The number of nitrogens with zero attached hydrogens (tertiary/aromatic N) is 1. The Morgan fingerprint density at radius 3 is 3.11 bits per heavy atom. The minimum atomic E-state index is 0.649. The van der Waals surface area contributed by atoms with Gasteiger partial charge in [-0.05, 0) is 37.9 Å². The van der Waals surface area contributed by atoms with Gasteiger partial charge in [0.2, 0.25) is 0 Å². The van der Waals surface area contributed by atoms with Crippen LogP contribution < -0.4 is 5.32 Å². The van der Waals surface area contributed by atoms with E-state index in [4.69, 9.17) is 4.42 Å². The topological polar surface area (TPSA) is 28.4 Å². The molecule has 0 spiro atoms. The van der Waals surface area contributed by atoms with Crippen LogP contribution in [0.1, 0.15) is 25.0 Å². The number of hydrogen-bond donors (Lipinski definition) is 1. The average Bonchev–Trinajstić information content (AvgIpc) is 3.11. The Bertz CT molecular complexity index is 544. The van der Waals surface area contributed by atoms with Crippen LogP contribution in [0.2, 0.25) is 0 Å². The summed E-state index contributed by atoms with van der Waals surface area (Å²) in [6.07, 6.45) is 4.01. The molecule has 0 saturated carbocycles. The molecule has 0 aliphatic carbocycles. The van der Waals surface area contributed by atoms with Crippen molar-refractivity contribution in [1.82, 2.24) is 10.2 Å². The highest BCUT2D eigenvalue weighted by Gasteiger charge is 2.36. The van der Waals surface area contributed by atoms with Crippen molar-refractivity contribution in [3.05, 3.63) is 36.1 Å². The van der Waals surface area contributed by atoms with Crippen LogP contribution in [0.25, 0.3) is 11.0 Å². The third kappa shape index (κ3) is 2.07. The van der Waals surface area contributed by atoms with E-state index in [-0.39, 0.29) is 0 Å². The third-order valence-corrected chi connectivity index (χ3v) is 4.62. The van der Waals surface area contributed by atoms with Crippen molar-refractivity contribution in [2.75, 3.05) is 13.1 Å². The molecule has 3 heterocycles. The first-order valence-electron chi connectivity index (χ1n) is 7.35. The predicted molar refractivity (Wildman–Crippen MR) is 76.1 cm³/mol. The van der Waals surface area contributed by atoms with Crippen LogP contribution in [0.15, 0.2) is 34.7 Å². The Kier molecular flexibility index (Phi) is 2.82. The lowest BCUT2D eigenvalue weighted by molar-refractivity contribution is 0.296. The third-order valence-electron chi connectivity index (χ3n) is 4.62. The van der Waals surface area contributed by atoms with Crippen LogP contribution >= 0.6 is 0 Å². The van der Waals surface area contributed by atoms with Crippen LogP contribution in [0, 0.1) is 0 Å².